The number of methoxy groups -OCH3 is 1. The molecule has 3 rings (SSSR count). The summed E-state index contributed by atoms with van der Waals surface area (Å²) in [6.45, 7) is 3.71. The van der Waals surface area contributed by atoms with Gasteiger partial charge >= 0.3 is 5.97 Å². The number of benzene rings is 2. The first-order valence-electron chi connectivity index (χ1n) is 8.70. The smallest absolute Gasteiger partial charge is 0.363 e. The van der Waals surface area contributed by atoms with Gasteiger partial charge in [0, 0.05) is 12.1 Å². The predicted octanol–water partition coefficient (Wildman–Crippen LogP) is 5.04. The Hall–Kier alpha value is -3.10. The average molecular weight is 451 g/mol. The summed E-state index contributed by atoms with van der Waals surface area (Å²) in [7, 11) is 1.47. The highest BCUT2D eigenvalue weighted by atomic mass is 35.5. The molecule has 10 heteroatoms. The first-order chi connectivity index (χ1) is 14.2. The number of nitrogens with zero attached hydrogens (tertiary/aromatic N) is 2. The molecule has 2 aromatic rings. The topological polar surface area (TPSA) is 100 Å². The minimum atomic E-state index is -0.731. The minimum absolute atomic E-state index is 0.0248. The number of ether oxygens (including phenoxy) is 3. The van der Waals surface area contributed by atoms with Crippen LogP contribution in [-0.2, 0) is 9.53 Å². The standard InChI is InChI=1S/C20H16Cl2N2O6/c1-10(2)29-18-15(22)6-11(8-17(18)28-3)7-16-20(25)30-19(23-16)13-9-12(24(26)27)4-5-14(13)21/h4-10H,1-3H3/b16-7-. The molecular formula is C20H16Cl2N2O6. The lowest BCUT2D eigenvalue weighted by atomic mass is 10.1. The minimum Gasteiger partial charge on any atom is -0.493 e. The molecule has 0 amide bonds. The van der Waals surface area contributed by atoms with E-state index in [4.69, 9.17) is 37.4 Å². The molecule has 0 N–H and O–H groups in total. The van der Waals surface area contributed by atoms with E-state index in [0.29, 0.717) is 22.1 Å². The fourth-order valence-corrected chi connectivity index (χ4v) is 3.11. The Morgan fingerprint density at radius 3 is 2.57 bits per heavy atom. The summed E-state index contributed by atoms with van der Waals surface area (Å²) in [5, 5.41) is 11.5. The van der Waals surface area contributed by atoms with E-state index in [1.54, 1.807) is 12.1 Å². The van der Waals surface area contributed by atoms with Crippen LogP contribution in [0.5, 0.6) is 11.5 Å². The zero-order valence-corrected chi connectivity index (χ0v) is 17.7. The van der Waals surface area contributed by atoms with E-state index in [1.165, 1.54) is 31.4 Å². The van der Waals surface area contributed by atoms with Gasteiger partial charge < -0.3 is 14.2 Å². The van der Waals surface area contributed by atoms with Crippen LogP contribution in [0.2, 0.25) is 10.0 Å². The molecule has 0 saturated carbocycles. The van der Waals surface area contributed by atoms with Gasteiger partial charge in [0.1, 0.15) is 0 Å². The maximum absolute atomic E-state index is 12.3. The number of hydrogen-bond donors (Lipinski definition) is 0. The van der Waals surface area contributed by atoms with Crippen LogP contribution in [0.4, 0.5) is 5.69 Å². The van der Waals surface area contributed by atoms with Gasteiger partial charge in [-0.25, -0.2) is 9.79 Å². The lowest BCUT2D eigenvalue weighted by Crippen LogP contribution is -2.07. The number of esters is 1. The number of rotatable bonds is 6. The van der Waals surface area contributed by atoms with Gasteiger partial charge in [-0.15, -0.1) is 0 Å². The van der Waals surface area contributed by atoms with E-state index in [1.807, 2.05) is 13.8 Å². The van der Waals surface area contributed by atoms with Crippen molar-refractivity contribution in [2.45, 2.75) is 20.0 Å². The highest BCUT2D eigenvalue weighted by molar-refractivity contribution is 6.34. The van der Waals surface area contributed by atoms with Crippen molar-refractivity contribution < 1.29 is 23.9 Å². The van der Waals surface area contributed by atoms with Gasteiger partial charge in [0.25, 0.3) is 5.69 Å². The molecule has 156 valence electrons. The number of non-ortho nitro benzene ring substituents is 1. The van der Waals surface area contributed by atoms with Gasteiger partial charge in [0.2, 0.25) is 5.90 Å². The van der Waals surface area contributed by atoms with E-state index >= 15 is 0 Å². The fourth-order valence-electron chi connectivity index (χ4n) is 2.65. The lowest BCUT2D eigenvalue weighted by molar-refractivity contribution is -0.384. The molecule has 30 heavy (non-hydrogen) atoms. The normalized spacial score (nSPS) is 14.7. The molecule has 0 fully saturated rings. The number of carbonyl (C=O) groups excluding carboxylic acids is 1. The summed E-state index contributed by atoms with van der Waals surface area (Å²) in [5.41, 5.74) is 0.431. The van der Waals surface area contributed by atoms with Crippen molar-refractivity contribution in [1.82, 2.24) is 0 Å². The fraction of sp³-hybridized carbons (Fsp3) is 0.200. The Kier molecular flexibility index (Phi) is 6.28. The number of halogens is 2. The van der Waals surface area contributed by atoms with E-state index in [0.717, 1.165) is 0 Å². The summed E-state index contributed by atoms with van der Waals surface area (Å²) >= 11 is 12.4. The van der Waals surface area contributed by atoms with E-state index in [-0.39, 0.29) is 34.0 Å². The van der Waals surface area contributed by atoms with Gasteiger partial charge in [0.15, 0.2) is 17.2 Å². The summed E-state index contributed by atoms with van der Waals surface area (Å²) in [6, 6.07) is 7.00. The molecule has 0 bridgehead atoms. The van der Waals surface area contributed by atoms with E-state index < -0.39 is 10.9 Å². The third-order valence-corrected chi connectivity index (χ3v) is 4.53. The Bertz CT molecular complexity index is 1090. The van der Waals surface area contributed by atoms with Gasteiger partial charge in [0.05, 0.1) is 33.7 Å². The SMILES string of the molecule is COc1cc(/C=C2\N=C(c3cc([N+](=O)[O-])ccc3Cl)OC2=O)cc(Cl)c1OC(C)C. The lowest BCUT2D eigenvalue weighted by Gasteiger charge is -2.15. The van der Waals surface area contributed by atoms with Crippen molar-refractivity contribution in [2.75, 3.05) is 7.11 Å². The zero-order chi connectivity index (χ0) is 22.0. The molecule has 2 aromatic carbocycles. The molecule has 0 spiro atoms. The van der Waals surface area contributed by atoms with Crippen molar-refractivity contribution >= 4 is 46.8 Å². The second-order valence-corrected chi connectivity index (χ2v) is 7.27. The summed E-state index contributed by atoms with van der Waals surface area (Å²) < 4.78 is 16.2. The maximum Gasteiger partial charge on any atom is 0.363 e. The van der Waals surface area contributed by atoms with Crippen LogP contribution >= 0.6 is 23.2 Å². The van der Waals surface area contributed by atoms with Crippen LogP contribution in [0.25, 0.3) is 6.08 Å². The van der Waals surface area contributed by atoms with Crippen molar-refractivity contribution in [3.05, 3.63) is 67.3 Å². The molecule has 0 aromatic heterocycles. The summed E-state index contributed by atoms with van der Waals surface area (Å²) in [4.78, 5) is 26.8. The molecule has 8 nitrogen and oxygen atoms in total. The van der Waals surface area contributed by atoms with Crippen molar-refractivity contribution in [2.24, 2.45) is 4.99 Å². The van der Waals surface area contributed by atoms with Crippen molar-refractivity contribution in [1.29, 1.82) is 0 Å². The summed E-state index contributed by atoms with van der Waals surface area (Å²) in [5.74, 6) is -0.0822. The predicted molar refractivity (Wildman–Crippen MR) is 112 cm³/mol. The first-order valence-corrected chi connectivity index (χ1v) is 9.46. The second kappa shape index (κ2) is 8.73. The quantitative estimate of drug-likeness (QED) is 0.264. The van der Waals surface area contributed by atoms with Crippen LogP contribution in [0.15, 0.2) is 41.0 Å². The van der Waals surface area contributed by atoms with Crippen LogP contribution in [-0.4, -0.2) is 30.0 Å². The van der Waals surface area contributed by atoms with Crippen LogP contribution < -0.4 is 9.47 Å². The Morgan fingerprint density at radius 2 is 1.93 bits per heavy atom. The first kappa shape index (κ1) is 21.6. The largest absolute Gasteiger partial charge is 0.493 e. The highest BCUT2D eigenvalue weighted by Crippen LogP contribution is 2.38. The number of hydrogen-bond acceptors (Lipinski definition) is 7. The van der Waals surface area contributed by atoms with Crippen molar-refractivity contribution in [3.8, 4) is 11.5 Å². The molecule has 0 aliphatic carbocycles. The van der Waals surface area contributed by atoms with Gasteiger partial charge in [-0.3, -0.25) is 10.1 Å². The second-order valence-electron chi connectivity index (χ2n) is 6.46. The Balaban J connectivity index is 2.00. The molecule has 0 atom stereocenters. The number of aliphatic imine (C=N–C) groups is 1. The number of carbonyl (C=O) groups is 1. The number of nitro groups is 1. The van der Waals surface area contributed by atoms with Crippen molar-refractivity contribution in [3.63, 3.8) is 0 Å². The average Bonchev–Trinajstić information content (AvgIpc) is 3.03. The van der Waals surface area contributed by atoms with Gasteiger partial charge in [-0.05, 0) is 43.7 Å². The van der Waals surface area contributed by atoms with Crippen LogP contribution in [0, 0.1) is 10.1 Å². The van der Waals surface area contributed by atoms with Crippen LogP contribution in [0.3, 0.4) is 0 Å². The monoisotopic (exact) mass is 450 g/mol. The zero-order valence-electron chi connectivity index (χ0n) is 16.1. The molecule has 0 saturated heterocycles. The molecule has 1 aliphatic heterocycles. The Morgan fingerprint density at radius 1 is 1.20 bits per heavy atom. The summed E-state index contributed by atoms with van der Waals surface area (Å²) in [6.07, 6.45) is 1.34. The highest BCUT2D eigenvalue weighted by Gasteiger charge is 2.27. The number of cyclic esters (lactones) is 1. The molecular weight excluding hydrogens is 435 g/mol. The van der Waals surface area contributed by atoms with Gasteiger partial charge in [-0.1, -0.05) is 23.2 Å². The van der Waals surface area contributed by atoms with E-state index in [9.17, 15) is 14.9 Å². The molecule has 1 aliphatic rings. The molecule has 0 radical (unpaired) electrons. The third-order valence-electron chi connectivity index (χ3n) is 3.92. The van der Waals surface area contributed by atoms with Gasteiger partial charge in [-0.2, -0.15) is 0 Å². The number of nitro benzene ring substituents is 1. The Labute approximate surface area is 181 Å². The molecule has 1 heterocycles. The molecule has 0 unspecified atom stereocenters. The van der Waals surface area contributed by atoms with Crippen LogP contribution in [0.1, 0.15) is 25.0 Å². The maximum atomic E-state index is 12.3. The third kappa shape index (κ3) is 4.55. The van der Waals surface area contributed by atoms with E-state index in [2.05, 4.69) is 4.99 Å².